The van der Waals surface area contributed by atoms with Crippen molar-refractivity contribution >= 4 is 14.2 Å². The molecule has 142 valence electrons. The maximum atomic E-state index is 11.9. The van der Waals surface area contributed by atoms with E-state index in [1.165, 1.54) is 38.5 Å². The zero-order chi connectivity index (χ0) is 18.0. The van der Waals surface area contributed by atoms with Crippen LogP contribution in [0.3, 0.4) is 0 Å². The van der Waals surface area contributed by atoms with Gasteiger partial charge in [0.05, 0.1) is 6.10 Å². The summed E-state index contributed by atoms with van der Waals surface area (Å²) >= 11 is 0. The van der Waals surface area contributed by atoms with Crippen LogP contribution >= 0.6 is 0 Å². The number of rotatable bonds is 2. The molecule has 0 bridgehead atoms. The van der Waals surface area contributed by atoms with Crippen LogP contribution in [0.2, 0.25) is 19.6 Å². The van der Waals surface area contributed by atoms with Crippen LogP contribution in [-0.2, 0) is 9.22 Å². The van der Waals surface area contributed by atoms with Gasteiger partial charge < -0.3 is 9.74 Å². The summed E-state index contributed by atoms with van der Waals surface area (Å²) in [6.07, 6.45) is 10.1. The van der Waals surface area contributed by atoms with Crippen molar-refractivity contribution in [3.63, 3.8) is 0 Å². The van der Waals surface area contributed by atoms with Gasteiger partial charge in [-0.1, -0.05) is 13.8 Å². The highest BCUT2D eigenvalue weighted by atomic mass is 28.4. The standard InChI is InChI=1S/C21H37NO2Si/c1-20-13-11-19(23)22-17(20)8-6-14-15-7-9-18(24-25(3,4)5)21(15,2)12-10-16(14)20/h14-18H,6-13H2,1-5H3,(H,22,23)/t14-,15-,16+,17?,18?,20+,21-/m0/s1. The van der Waals surface area contributed by atoms with Crippen molar-refractivity contribution < 1.29 is 9.22 Å². The molecule has 7 atom stereocenters. The van der Waals surface area contributed by atoms with E-state index in [1.807, 2.05) is 0 Å². The van der Waals surface area contributed by atoms with Crippen molar-refractivity contribution in [1.29, 1.82) is 0 Å². The van der Waals surface area contributed by atoms with E-state index >= 15 is 0 Å². The Morgan fingerprint density at radius 2 is 1.68 bits per heavy atom. The van der Waals surface area contributed by atoms with E-state index in [9.17, 15) is 4.79 Å². The molecule has 4 aliphatic rings. The Morgan fingerprint density at radius 3 is 2.40 bits per heavy atom. The second-order valence-electron chi connectivity index (χ2n) is 10.9. The summed E-state index contributed by atoms with van der Waals surface area (Å²) < 4.78 is 6.68. The Bertz CT molecular complexity index is 559. The number of carbonyl (C=O) groups excluding carboxylic acids is 1. The van der Waals surface area contributed by atoms with Gasteiger partial charge in [-0.2, -0.15) is 0 Å². The topological polar surface area (TPSA) is 38.3 Å². The van der Waals surface area contributed by atoms with Crippen molar-refractivity contribution in [2.75, 3.05) is 0 Å². The average Bonchev–Trinajstić information content (AvgIpc) is 2.83. The molecule has 0 aromatic heterocycles. The van der Waals surface area contributed by atoms with Crippen molar-refractivity contribution in [3.05, 3.63) is 0 Å². The molecule has 3 aliphatic carbocycles. The summed E-state index contributed by atoms with van der Waals surface area (Å²) in [5, 5.41) is 3.34. The van der Waals surface area contributed by atoms with E-state index < -0.39 is 8.32 Å². The third-order valence-corrected chi connectivity index (χ3v) is 9.50. The summed E-state index contributed by atoms with van der Waals surface area (Å²) in [6.45, 7) is 12.1. The molecule has 1 amide bonds. The quantitative estimate of drug-likeness (QED) is 0.720. The number of nitrogens with one attached hydrogen (secondary N) is 1. The van der Waals surface area contributed by atoms with Crippen molar-refractivity contribution in [2.45, 2.75) is 97.0 Å². The molecule has 1 N–H and O–H groups in total. The van der Waals surface area contributed by atoms with E-state index in [1.54, 1.807) is 0 Å². The first-order valence-corrected chi connectivity index (χ1v) is 14.0. The molecule has 0 spiro atoms. The molecule has 25 heavy (non-hydrogen) atoms. The van der Waals surface area contributed by atoms with Crippen LogP contribution in [0.1, 0.15) is 65.2 Å². The van der Waals surface area contributed by atoms with E-state index in [0.717, 1.165) is 30.6 Å². The van der Waals surface area contributed by atoms with Crippen molar-refractivity contribution in [3.8, 4) is 0 Å². The first-order valence-electron chi connectivity index (χ1n) is 10.6. The smallest absolute Gasteiger partial charge is 0.220 e. The fourth-order valence-electron chi connectivity index (χ4n) is 7.27. The van der Waals surface area contributed by atoms with Gasteiger partial charge in [-0.25, -0.2) is 0 Å². The zero-order valence-corrected chi connectivity index (χ0v) is 17.9. The summed E-state index contributed by atoms with van der Waals surface area (Å²) in [4.78, 5) is 11.9. The van der Waals surface area contributed by atoms with Gasteiger partial charge in [-0.05, 0) is 93.2 Å². The molecule has 1 aliphatic heterocycles. The number of fused-ring (bicyclic) bond motifs is 5. The van der Waals surface area contributed by atoms with Gasteiger partial charge >= 0.3 is 0 Å². The van der Waals surface area contributed by atoms with Crippen LogP contribution in [-0.4, -0.2) is 26.4 Å². The number of hydrogen-bond acceptors (Lipinski definition) is 2. The Balaban J connectivity index is 1.57. The maximum Gasteiger partial charge on any atom is 0.220 e. The van der Waals surface area contributed by atoms with Crippen LogP contribution in [0.25, 0.3) is 0 Å². The van der Waals surface area contributed by atoms with Crippen LogP contribution in [0.4, 0.5) is 0 Å². The van der Waals surface area contributed by atoms with Crippen molar-refractivity contribution in [2.24, 2.45) is 28.6 Å². The van der Waals surface area contributed by atoms with Crippen LogP contribution in [0.15, 0.2) is 0 Å². The van der Waals surface area contributed by atoms with Crippen LogP contribution in [0, 0.1) is 28.6 Å². The van der Waals surface area contributed by atoms with Crippen molar-refractivity contribution in [1.82, 2.24) is 5.32 Å². The molecule has 2 unspecified atom stereocenters. The molecule has 1 heterocycles. The Morgan fingerprint density at radius 1 is 0.960 bits per heavy atom. The molecule has 0 radical (unpaired) electrons. The molecular formula is C21H37NO2Si. The molecule has 3 nitrogen and oxygen atoms in total. The van der Waals surface area contributed by atoms with E-state index in [2.05, 4.69) is 38.8 Å². The molecule has 0 aromatic carbocycles. The van der Waals surface area contributed by atoms with Gasteiger partial charge in [0.25, 0.3) is 0 Å². The Kier molecular flexibility index (Phi) is 4.20. The van der Waals surface area contributed by atoms with E-state index in [4.69, 9.17) is 4.43 Å². The minimum Gasteiger partial charge on any atom is -0.414 e. The summed E-state index contributed by atoms with van der Waals surface area (Å²) in [6, 6.07) is 0.426. The zero-order valence-electron chi connectivity index (χ0n) is 16.9. The maximum absolute atomic E-state index is 11.9. The molecule has 0 aromatic rings. The number of piperidine rings is 1. The second-order valence-corrected chi connectivity index (χ2v) is 15.4. The second kappa shape index (κ2) is 5.82. The lowest BCUT2D eigenvalue weighted by atomic mass is 9.47. The van der Waals surface area contributed by atoms with Crippen LogP contribution in [0.5, 0.6) is 0 Å². The lowest BCUT2D eigenvalue weighted by Gasteiger charge is -2.60. The van der Waals surface area contributed by atoms with Gasteiger partial charge in [0.2, 0.25) is 5.91 Å². The minimum atomic E-state index is -1.49. The SMILES string of the molecule is C[C@]12CCC(=O)NC1CC[C@@H]1[C@H]2CC[C@]2(C)C(O[Si](C)(C)C)CC[C@@H]12. The first kappa shape index (κ1) is 18.0. The molecule has 4 heteroatoms. The lowest BCUT2D eigenvalue weighted by Crippen LogP contribution is -2.61. The van der Waals surface area contributed by atoms with Gasteiger partial charge in [0.1, 0.15) is 0 Å². The van der Waals surface area contributed by atoms with Gasteiger partial charge in [-0.15, -0.1) is 0 Å². The Labute approximate surface area is 154 Å². The summed E-state index contributed by atoms with van der Waals surface area (Å²) in [5.41, 5.74) is 0.721. The van der Waals surface area contributed by atoms with E-state index in [0.29, 0.717) is 23.0 Å². The van der Waals surface area contributed by atoms with Gasteiger partial charge in [0.15, 0.2) is 8.32 Å². The third kappa shape index (κ3) is 2.82. The number of hydrogen-bond donors (Lipinski definition) is 1. The number of amides is 1. The molecule has 1 saturated heterocycles. The highest BCUT2D eigenvalue weighted by molar-refractivity contribution is 6.69. The summed E-state index contributed by atoms with van der Waals surface area (Å²) in [7, 11) is -1.49. The molecule has 3 saturated carbocycles. The lowest BCUT2D eigenvalue weighted by molar-refractivity contribution is -0.138. The van der Waals surface area contributed by atoms with Gasteiger partial charge in [0, 0.05) is 12.5 Å². The minimum absolute atomic E-state index is 0.283. The Hall–Kier alpha value is -0.353. The molecule has 4 fully saturated rings. The summed E-state index contributed by atoms with van der Waals surface area (Å²) in [5.74, 6) is 2.77. The third-order valence-electron chi connectivity index (χ3n) is 8.50. The monoisotopic (exact) mass is 363 g/mol. The average molecular weight is 364 g/mol. The van der Waals surface area contributed by atoms with Crippen LogP contribution < -0.4 is 5.32 Å². The fraction of sp³-hybridized carbons (Fsp3) is 0.952. The highest BCUT2D eigenvalue weighted by Crippen LogP contribution is 2.64. The fourth-order valence-corrected chi connectivity index (χ4v) is 8.52. The highest BCUT2D eigenvalue weighted by Gasteiger charge is 2.60. The molecule has 4 rings (SSSR count). The predicted molar refractivity (Wildman–Crippen MR) is 104 cm³/mol. The van der Waals surface area contributed by atoms with Gasteiger partial charge in [-0.3, -0.25) is 4.79 Å². The van der Waals surface area contributed by atoms with E-state index in [-0.39, 0.29) is 5.91 Å². The number of carbonyl (C=O) groups is 1. The normalized spacial score (nSPS) is 49.8. The predicted octanol–water partition coefficient (Wildman–Crippen LogP) is 4.73. The first-order chi connectivity index (χ1) is 11.6. The largest absolute Gasteiger partial charge is 0.414 e. The molecular weight excluding hydrogens is 326 g/mol.